The van der Waals surface area contributed by atoms with Gasteiger partial charge in [0.05, 0.1) is 0 Å². The van der Waals surface area contributed by atoms with Gasteiger partial charge in [0, 0.05) is 6.04 Å². The number of unbranched alkanes of at least 4 members (excludes halogenated alkanes) is 54. The summed E-state index contributed by atoms with van der Waals surface area (Å²) in [5, 5.41) is 0. The van der Waals surface area contributed by atoms with Crippen molar-refractivity contribution in [3.05, 3.63) is 24.3 Å². The van der Waals surface area contributed by atoms with Crippen LogP contribution in [0.4, 0.5) is 0 Å². The van der Waals surface area contributed by atoms with E-state index in [1.165, 1.54) is 411 Å². The molecule has 0 unspecified atom stereocenters. The predicted molar refractivity (Wildman–Crippen MR) is 343 cm³/mol. The van der Waals surface area contributed by atoms with Crippen LogP contribution >= 0.6 is 0 Å². The number of allylic oxidation sites excluding steroid dienone is 4. The van der Waals surface area contributed by atoms with E-state index in [-0.39, 0.29) is 0 Å². The SMILES string of the molecule is CCCCCCCCC=CCCCCCCCCC(CCCCCCCCC=CCCCCCCCC)N(CCCCCCCCCCCCCCCCCC)CCCCCCCCCCCCCCCCCC. The molecule has 0 amide bonds. The second kappa shape index (κ2) is 68.5. The molecule has 0 fully saturated rings. The van der Waals surface area contributed by atoms with E-state index in [9.17, 15) is 0 Å². The molecule has 1 nitrogen and oxygen atoms in total. The minimum atomic E-state index is 0.830. The number of rotatable bonds is 67. The van der Waals surface area contributed by atoms with Crippen LogP contribution in [0.2, 0.25) is 0 Å². The summed E-state index contributed by atoms with van der Waals surface area (Å²) >= 11 is 0. The fraction of sp³-hybridized carbons (Fsp3) is 0.945. The van der Waals surface area contributed by atoms with Crippen LogP contribution < -0.4 is 0 Å². The van der Waals surface area contributed by atoms with Crippen molar-refractivity contribution in [2.24, 2.45) is 0 Å². The van der Waals surface area contributed by atoms with Crippen molar-refractivity contribution in [3.8, 4) is 0 Å². The minimum Gasteiger partial charge on any atom is -0.300 e. The van der Waals surface area contributed by atoms with E-state index in [2.05, 4.69) is 56.9 Å². The summed E-state index contributed by atoms with van der Waals surface area (Å²) in [7, 11) is 0. The van der Waals surface area contributed by atoms with E-state index in [0.717, 1.165) is 6.04 Å². The Kier molecular flexibility index (Phi) is 68.0. The molecule has 0 radical (unpaired) electrons. The molecule has 0 bridgehead atoms. The summed E-state index contributed by atoms with van der Waals surface area (Å²) in [4.78, 5) is 3.09. The van der Waals surface area contributed by atoms with Gasteiger partial charge >= 0.3 is 0 Å². The molecule has 0 N–H and O–H groups in total. The Balaban J connectivity index is 4.98. The third-order valence-corrected chi connectivity index (χ3v) is 17.2. The molecule has 0 aliphatic carbocycles. The number of hydrogen-bond donors (Lipinski definition) is 0. The van der Waals surface area contributed by atoms with Gasteiger partial charge < -0.3 is 4.90 Å². The van der Waals surface area contributed by atoms with Crippen LogP contribution in [-0.4, -0.2) is 24.0 Å². The van der Waals surface area contributed by atoms with Gasteiger partial charge in [-0.05, 0) is 90.1 Å². The fourth-order valence-electron chi connectivity index (χ4n) is 12.0. The zero-order valence-corrected chi connectivity index (χ0v) is 52.6. The minimum absolute atomic E-state index is 0.830. The van der Waals surface area contributed by atoms with Crippen LogP contribution in [-0.2, 0) is 0 Å². The van der Waals surface area contributed by atoms with Crippen molar-refractivity contribution in [3.63, 3.8) is 0 Å². The maximum Gasteiger partial charge on any atom is 0.00952 e. The van der Waals surface area contributed by atoms with Gasteiger partial charge in [0.2, 0.25) is 0 Å². The Hall–Kier alpha value is -0.560. The van der Waals surface area contributed by atoms with Crippen LogP contribution in [0.1, 0.15) is 426 Å². The van der Waals surface area contributed by atoms with E-state index < -0.39 is 0 Å². The Morgan fingerprint density at radius 2 is 0.351 bits per heavy atom. The highest BCUT2D eigenvalue weighted by Gasteiger charge is 2.18. The summed E-state index contributed by atoms with van der Waals surface area (Å²) in [5.41, 5.74) is 0. The predicted octanol–water partition coefficient (Wildman–Crippen LogP) is 27.0. The van der Waals surface area contributed by atoms with Crippen LogP contribution in [0, 0.1) is 0 Å². The van der Waals surface area contributed by atoms with Gasteiger partial charge in [-0.25, -0.2) is 0 Å². The highest BCUT2D eigenvalue weighted by atomic mass is 15.1. The number of hydrogen-bond acceptors (Lipinski definition) is 1. The summed E-state index contributed by atoms with van der Waals surface area (Å²) in [6, 6.07) is 0.830. The first-order chi connectivity index (χ1) is 36.8. The fourth-order valence-corrected chi connectivity index (χ4v) is 12.0. The molecule has 0 aromatic heterocycles. The topological polar surface area (TPSA) is 3.24 Å². The van der Waals surface area contributed by atoms with E-state index in [1.807, 2.05) is 0 Å². The van der Waals surface area contributed by atoms with Crippen molar-refractivity contribution in [2.75, 3.05) is 13.1 Å². The summed E-state index contributed by atoms with van der Waals surface area (Å²) < 4.78 is 0. The van der Waals surface area contributed by atoms with Crippen molar-refractivity contribution in [2.45, 2.75) is 432 Å². The van der Waals surface area contributed by atoms with Gasteiger partial charge in [0.1, 0.15) is 0 Å². The van der Waals surface area contributed by atoms with Gasteiger partial charge in [0.15, 0.2) is 0 Å². The summed E-state index contributed by atoms with van der Waals surface area (Å²) in [6.07, 6.45) is 99.4. The smallest absolute Gasteiger partial charge is 0.00952 e. The van der Waals surface area contributed by atoms with E-state index in [1.54, 1.807) is 0 Å². The molecule has 0 atom stereocenters. The zero-order valence-electron chi connectivity index (χ0n) is 52.6. The normalized spacial score (nSPS) is 12.5. The third kappa shape index (κ3) is 62.3. The molecular formula is C73H145N. The van der Waals surface area contributed by atoms with Gasteiger partial charge in [0.25, 0.3) is 0 Å². The second-order valence-electron chi connectivity index (χ2n) is 24.7. The lowest BCUT2D eigenvalue weighted by Gasteiger charge is -2.32. The molecule has 0 aromatic carbocycles. The van der Waals surface area contributed by atoms with Gasteiger partial charge in [-0.1, -0.05) is 373 Å². The molecule has 0 saturated carbocycles. The third-order valence-electron chi connectivity index (χ3n) is 17.2. The van der Waals surface area contributed by atoms with Gasteiger partial charge in [-0.3, -0.25) is 0 Å². The maximum atomic E-state index is 3.09. The summed E-state index contributed by atoms with van der Waals surface area (Å²) in [5.74, 6) is 0. The van der Waals surface area contributed by atoms with Crippen molar-refractivity contribution < 1.29 is 0 Å². The van der Waals surface area contributed by atoms with E-state index in [4.69, 9.17) is 0 Å². The second-order valence-corrected chi connectivity index (χ2v) is 24.7. The van der Waals surface area contributed by atoms with Crippen molar-refractivity contribution >= 4 is 0 Å². The Bertz CT molecular complexity index is 933. The first-order valence-corrected chi connectivity index (χ1v) is 35.8. The highest BCUT2D eigenvalue weighted by Crippen LogP contribution is 2.23. The van der Waals surface area contributed by atoms with Crippen LogP contribution in [0.3, 0.4) is 0 Å². The Morgan fingerprint density at radius 1 is 0.189 bits per heavy atom. The average molecular weight is 1040 g/mol. The van der Waals surface area contributed by atoms with Gasteiger partial charge in [-0.2, -0.15) is 0 Å². The molecule has 0 aromatic rings. The zero-order chi connectivity index (χ0) is 53.2. The van der Waals surface area contributed by atoms with Crippen molar-refractivity contribution in [1.82, 2.24) is 4.90 Å². The van der Waals surface area contributed by atoms with Crippen LogP contribution in [0.25, 0.3) is 0 Å². The standard InChI is InChI=1S/C73H145N/c1-5-9-13-17-21-25-29-33-37-41-45-49-53-57-61-65-69-73(70-66-62-58-54-50-46-42-38-34-30-26-22-18-14-10-6-2)74(71-67-63-59-55-51-47-43-39-35-31-27-23-19-15-11-7-3)72-68-64-60-56-52-48-44-40-36-32-28-24-20-16-12-8-4/h33-34,37-38,73H,5-32,35-36,39-72H2,1-4H3. The molecule has 74 heavy (non-hydrogen) atoms. The molecule has 0 saturated heterocycles. The summed E-state index contributed by atoms with van der Waals surface area (Å²) in [6.45, 7) is 12.0. The average Bonchev–Trinajstić information content (AvgIpc) is 3.41. The van der Waals surface area contributed by atoms with Crippen LogP contribution in [0.5, 0.6) is 0 Å². The van der Waals surface area contributed by atoms with Crippen LogP contribution in [0.15, 0.2) is 24.3 Å². The van der Waals surface area contributed by atoms with E-state index >= 15 is 0 Å². The molecule has 0 aliphatic rings. The molecular weight excluding hydrogens is 891 g/mol. The van der Waals surface area contributed by atoms with E-state index in [0.29, 0.717) is 0 Å². The molecule has 0 heterocycles. The largest absolute Gasteiger partial charge is 0.300 e. The quantitative estimate of drug-likeness (QED) is 0.0433. The number of nitrogens with zero attached hydrogens (tertiary/aromatic N) is 1. The lowest BCUT2D eigenvalue weighted by atomic mass is 9.97. The monoisotopic (exact) mass is 1040 g/mol. The van der Waals surface area contributed by atoms with Gasteiger partial charge in [-0.15, -0.1) is 0 Å². The maximum absolute atomic E-state index is 3.09. The molecule has 0 aliphatic heterocycles. The lowest BCUT2D eigenvalue weighted by molar-refractivity contribution is 0.163. The first-order valence-electron chi connectivity index (χ1n) is 35.8. The molecule has 442 valence electrons. The first kappa shape index (κ1) is 73.4. The molecule has 1 heteroatoms. The Labute approximate surface area is 471 Å². The molecule has 0 spiro atoms. The lowest BCUT2D eigenvalue weighted by Crippen LogP contribution is -2.37. The highest BCUT2D eigenvalue weighted by molar-refractivity contribution is 4.82. The molecule has 0 rings (SSSR count). The Morgan fingerprint density at radius 3 is 0.554 bits per heavy atom. The van der Waals surface area contributed by atoms with Crippen molar-refractivity contribution in [1.29, 1.82) is 0 Å².